The van der Waals surface area contributed by atoms with Gasteiger partial charge in [-0.1, -0.05) is 55.6 Å². The first-order valence-corrected chi connectivity index (χ1v) is 14.9. The molecule has 0 aromatic heterocycles. The van der Waals surface area contributed by atoms with Crippen LogP contribution in [-0.4, -0.2) is 55.9 Å². The molecule has 0 fully saturated rings. The highest BCUT2D eigenvalue weighted by atomic mass is 16.5. The van der Waals surface area contributed by atoms with Crippen molar-refractivity contribution in [2.75, 3.05) is 33.0 Å². The molecule has 0 aliphatic rings. The van der Waals surface area contributed by atoms with Crippen LogP contribution < -0.4 is 9.47 Å². The number of ketones is 1. The molecule has 3 rings (SSSR count). The van der Waals surface area contributed by atoms with Gasteiger partial charge in [-0.2, -0.15) is 0 Å². The van der Waals surface area contributed by atoms with Crippen LogP contribution in [0.25, 0.3) is 17.2 Å². The molecule has 0 radical (unpaired) electrons. The van der Waals surface area contributed by atoms with Gasteiger partial charge in [0, 0.05) is 18.1 Å². The SMILES string of the molecule is C=CC(=O)OCCCCCCOc1ccc(C(=O)/C=C/c2ccc(-c3ccc(OCCCOC(=O)C(=C)CO)cc3)cc2)cc1. The largest absolute Gasteiger partial charge is 0.494 e. The van der Waals surface area contributed by atoms with E-state index in [0.717, 1.165) is 54.2 Å². The van der Waals surface area contributed by atoms with Crippen LogP contribution in [0.2, 0.25) is 0 Å². The number of rotatable bonds is 20. The zero-order valence-electron chi connectivity index (χ0n) is 25.5. The molecular formula is C37H40O8. The number of aliphatic hydroxyl groups is 1. The molecule has 0 saturated heterocycles. The molecule has 8 heteroatoms. The molecule has 0 spiro atoms. The molecule has 0 bridgehead atoms. The van der Waals surface area contributed by atoms with Gasteiger partial charge in [-0.15, -0.1) is 0 Å². The van der Waals surface area contributed by atoms with E-state index in [4.69, 9.17) is 24.1 Å². The highest BCUT2D eigenvalue weighted by Gasteiger charge is 2.07. The molecule has 1 N–H and O–H groups in total. The van der Waals surface area contributed by atoms with Gasteiger partial charge in [-0.25, -0.2) is 9.59 Å². The second-order valence-corrected chi connectivity index (χ2v) is 10.1. The predicted octanol–water partition coefficient (Wildman–Crippen LogP) is 6.78. The summed E-state index contributed by atoms with van der Waals surface area (Å²) in [6.45, 7) is 7.93. The molecule has 8 nitrogen and oxygen atoms in total. The number of carbonyl (C=O) groups excluding carboxylic acids is 3. The fourth-order valence-electron chi connectivity index (χ4n) is 4.07. The van der Waals surface area contributed by atoms with E-state index in [-0.39, 0.29) is 18.0 Å². The first kappa shape index (κ1) is 34.5. The van der Waals surface area contributed by atoms with Gasteiger partial charge in [0.05, 0.1) is 38.6 Å². The third kappa shape index (κ3) is 12.7. The van der Waals surface area contributed by atoms with Crippen molar-refractivity contribution in [3.63, 3.8) is 0 Å². The standard InChI is InChI=1S/C37H40O8/c1-3-36(40)44-24-7-5-4-6-23-42-34-20-16-32(17-21-34)35(39)22-11-29-9-12-30(13-10-29)31-14-18-33(19-15-31)43-25-8-26-45-37(41)28(2)27-38/h3,9-22,38H,1-2,4-8,23-27H2/b22-11+. The van der Waals surface area contributed by atoms with Crippen LogP contribution >= 0.6 is 0 Å². The fourth-order valence-corrected chi connectivity index (χ4v) is 4.07. The van der Waals surface area contributed by atoms with Crippen LogP contribution in [0.3, 0.4) is 0 Å². The summed E-state index contributed by atoms with van der Waals surface area (Å²) in [6.07, 6.45) is 8.67. The third-order valence-corrected chi connectivity index (χ3v) is 6.65. The van der Waals surface area contributed by atoms with E-state index < -0.39 is 18.5 Å². The summed E-state index contributed by atoms with van der Waals surface area (Å²) in [7, 11) is 0. The summed E-state index contributed by atoms with van der Waals surface area (Å²) in [5, 5.41) is 8.87. The molecule has 236 valence electrons. The van der Waals surface area contributed by atoms with Crippen molar-refractivity contribution in [1.29, 1.82) is 0 Å². The number of esters is 2. The molecule has 0 heterocycles. The Hall–Kier alpha value is -4.95. The molecule has 0 amide bonds. The number of hydrogen-bond acceptors (Lipinski definition) is 8. The van der Waals surface area contributed by atoms with E-state index in [1.54, 1.807) is 36.4 Å². The zero-order valence-corrected chi connectivity index (χ0v) is 25.5. The first-order chi connectivity index (χ1) is 21.9. The Morgan fingerprint density at radius 2 is 1.20 bits per heavy atom. The summed E-state index contributed by atoms with van der Waals surface area (Å²) >= 11 is 0. The summed E-state index contributed by atoms with van der Waals surface area (Å²) < 4.78 is 21.4. The van der Waals surface area contributed by atoms with Gasteiger partial charge >= 0.3 is 11.9 Å². The van der Waals surface area contributed by atoms with Gasteiger partial charge in [0.2, 0.25) is 0 Å². The molecule has 0 atom stereocenters. The topological polar surface area (TPSA) is 108 Å². The van der Waals surface area contributed by atoms with E-state index in [1.165, 1.54) is 0 Å². The average molecular weight is 613 g/mol. The molecule has 45 heavy (non-hydrogen) atoms. The van der Waals surface area contributed by atoms with Crippen LogP contribution in [0.5, 0.6) is 11.5 Å². The Kier molecular flexibility index (Phi) is 14.9. The Labute approximate surface area is 264 Å². The van der Waals surface area contributed by atoms with Crippen LogP contribution in [0, 0.1) is 0 Å². The lowest BCUT2D eigenvalue weighted by atomic mass is 10.0. The second-order valence-electron chi connectivity index (χ2n) is 10.1. The lowest BCUT2D eigenvalue weighted by Gasteiger charge is -2.09. The third-order valence-electron chi connectivity index (χ3n) is 6.65. The van der Waals surface area contributed by atoms with Crippen molar-refractivity contribution < 1.29 is 38.4 Å². The van der Waals surface area contributed by atoms with Crippen molar-refractivity contribution in [1.82, 2.24) is 0 Å². The van der Waals surface area contributed by atoms with E-state index >= 15 is 0 Å². The molecule has 0 unspecified atom stereocenters. The highest BCUT2D eigenvalue weighted by molar-refractivity contribution is 6.06. The minimum Gasteiger partial charge on any atom is -0.494 e. The fraction of sp³-hybridized carbons (Fsp3) is 0.270. The minimum atomic E-state index is -0.602. The zero-order chi connectivity index (χ0) is 32.3. The van der Waals surface area contributed by atoms with E-state index in [1.807, 2.05) is 48.5 Å². The lowest BCUT2D eigenvalue weighted by molar-refractivity contribution is -0.140. The number of allylic oxidation sites excluding steroid dienone is 1. The molecule has 0 aliphatic heterocycles. The maximum absolute atomic E-state index is 12.7. The van der Waals surface area contributed by atoms with Crippen molar-refractivity contribution in [3.05, 3.63) is 115 Å². The molecule has 0 aliphatic carbocycles. The van der Waals surface area contributed by atoms with Gasteiger partial charge in [0.15, 0.2) is 5.78 Å². The Morgan fingerprint density at radius 3 is 1.80 bits per heavy atom. The summed E-state index contributed by atoms with van der Waals surface area (Å²) in [4.78, 5) is 35.1. The summed E-state index contributed by atoms with van der Waals surface area (Å²) in [5.74, 6) is 0.342. The molecule has 3 aromatic carbocycles. The van der Waals surface area contributed by atoms with Gasteiger partial charge in [0.1, 0.15) is 11.5 Å². The van der Waals surface area contributed by atoms with Crippen LogP contribution in [-0.2, 0) is 19.1 Å². The minimum absolute atomic E-state index is 0.0281. The maximum Gasteiger partial charge on any atom is 0.335 e. The normalized spacial score (nSPS) is 10.7. The number of aliphatic hydroxyl groups excluding tert-OH is 1. The van der Waals surface area contributed by atoms with Gasteiger partial charge < -0.3 is 24.1 Å². The number of hydrogen-bond donors (Lipinski definition) is 1. The van der Waals surface area contributed by atoms with Crippen molar-refractivity contribution in [3.8, 4) is 22.6 Å². The Bertz CT molecular complexity index is 1420. The van der Waals surface area contributed by atoms with Crippen molar-refractivity contribution in [2.45, 2.75) is 32.1 Å². The Morgan fingerprint density at radius 1 is 0.667 bits per heavy atom. The lowest BCUT2D eigenvalue weighted by Crippen LogP contribution is -2.12. The number of carbonyl (C=O) groups is 3. The van der Waals surface area contributed by atoms with Gasteiger partial charge in [-0.05, 0) is 84.8 Å². The predicted molar refractivity (Wildman–Crippen MR) is 174 cm³/mol. The van der Waals surface area contributed by atoms with E-state index in [0.29, 0.717) is 37.6 Å². The van der Waals surface area contributed by atoms with Crippen LogP contribution in [0.1, 0.15) is 48.0 Å². The average Bonchev–Trinajstić information content (AvgIpc) is 3.08. The van der Waals surface area contributed by atoms with Gasteiger partial charge in [0.25, 0.3) is 0 Å². The number of ether oxygens (including phenoxy) is 4. The number of benzene rings is 3. The Balaban J connectivity index is 1.36. The van der Waals surface area contributed by atoms with E-state index in [9.17, 15) is 14.4 Å². The van der Waals surface area contributed by atoms with E-state index in [2.05, 4.69) is 13.2 Å². The quantitative estimate of drug-likeness (QED) is 0.0644. The molecule has 0 saturated carbocycles. The molecule has 3 aromatic rings. The summed E-state index contributed by atoms with van der Waals surface area (Å²) in [5.41, 5.74) is 3.58. The molecular weight excluding hydrogens is 572 g/mol. The highest BCUT2D eigenvalue weighted by Crippen LogP contribution is 2.23. The maximum atomic E-state index is 12.7. The van der Waals surface area contributed by atoms with Crippen molar-refractivity contribution in [2.24, 2.45) is 0 Å². The van der Waals surface area contributed by atoms with Crippen LogP contribution in [0.4, 0.5) is 0 Å². The number of unbranched alkanes of at least 4 members (excludes halogenated alkanes) is 3. The smallest absolute Gasteiger partial charge is 0.335 e. The second kappa shape index (κ2) is 19.4. The van der Waals surface area contributed by atoms with Crippen LogP contribution in [0.15, 0.2) is 104 Å². The first-order valence-electron chi connectivity index (χ1n) is 14.9. The summed E-state index contributed by atoms with van der Waals surface area (Å²) in [6, 6.07) is 22.7. The van der Waals surface area contributed by atoms with Crippen molar-refractivity contribution >= 4 is 23.8 Å². The van der Waals surface area contributed by atoms with Gasteiger partial charge in [-0.3, -0.25) is 4.79 Å². The monoisotopic (exact) mass is 612 g/mol.